The molecule has 0 atom stereocenters. The highest BCUT2D eigenvalue weighted by atomic mass is 32.2. The number of hydrogen-bond donors (Lipinski definition) is 1. The molecule has 0 bridgehead atoms. The van der Waals surface area contributed by atoms with E-state index >= 15 is 0 Å². The lowest BCUT2D eigenvalue weighted by Crippen LogP contribution is -2.47. The summed E-state index contributed by atoms with van der Waals surface area (Å²) in [5, 5.41) is 25.2. The molecule has 31 heavy (non-hydrogen) atoms. The van der Waals surface area contributed by atoms with E-state index < -0.39 is 14.9 Å². The maximum Gasteiger partial charge on any atom is 0.293 e. The first-order valence-corrected chi connectivity index (χ1v) is 11.1. The van der Waals surface area contributed by atoms with Crippen LogP contribution < -0.4 is 14.9 Å². The highest BCUT2D eigenvalue weighted by molar-refractivity contribution is 7.89. The average molecular weight is 440 g/mol. The van der Waals surface area contributed by atoms with Crippen molar-refractivity contribution in [2.75, 3.05) is 36.0 Å². The Balaban J connectivity index is 1.48. The van der Waals surface area contributed by atoms with Gasteiger partial charge in [-0.15, -0.1) is 10.2 Å². The fourth-order valence-electron chi connectivity index (χ4n) is 3.53. The van der Waals surface area contributed by atoms with E-state index in [4.69, 9.17) is 5.14 Å². The summed E-state index contributed by atoms with van der Waals surface area (Å²) in [4.78, 5) is 14.5. The Hall–Kier alpha value is -3.57. The number of piperazine rings is 1. The van der Waals surface area contributed by atoms with Crippen LogP contribution in [0.15, 0.2) is 65.6 Å². The van der Waals surface area contributed by atoms with Crippen molar-refractivity contribution < 1.29 is 13.3 Å². The molecule has 0 radical (unpaired) electrons. The van der Waals surface area contributed by atoms with Crippen LogP contribution in [0.2, 0.25) is 0 Å². The van der Waals surface area contributed by atoms with Gasteiger partial charge in [-0.1, -0.05) is 30.3 Å². The average Bonchev–Trinajstić information content (AvgIpc) is 2.79. The predicted molar refractivity (Wildman–Crippen MR) is 116 cm³/mol. The third-order valence-corrected chi connectivity index (χ3v) is 6.05. The van der Waals surface area contributed by atoms with Gasteiger partial charge in [0.2, 0.25) is 10.0 Å². The number of nitrogens with two attached hydrogens (primary N) is 1. The second-order valence-corrected chi connectivity index (χ2v) is 8.63. The topological polar surface area (TPSA) is 136 Å². The van der Waals surface area contributed by atoms with E-state index in [0.717, 1.165) is 23.1 Å². The van der Waals surface area contributed by atoms with Crippen molar-refractivity contribution in [1.82, 2.24) is 10.2 Å². The maximum absolute atomic E-state index is 11.5. The van der Waals surface area contributed by atoms with Gasteiger partial charge in [0.15, 0.2) is 5.82 Å². The molecule has 0 amide bonds. The molecule has 2 N–H and O–H groups in total. The zero-order valence-corrected chi connectivity index (χ0v) is 17.3. The summed E-state index contributed by atoms with van der Waals surface area (Å²) in [6.45, 7) is 2.20. The van der Waals surface area contributed by atoms with Crippen molar-refractivity contribution >= 4 is 27.2 Å². The van der Waals surface area contributed by atoms with Gasteiger partial charge in [0.25, 0.3) is 5.69 Å². The molecule has 0 saturated carbocycles. The molecule has 4 rings (SSSR count). The van der Waals surface area contributed by atoms with Crippen LogP contribution in [0.4, 0.5) is 17.2 Å². The molecule has 0 spiro atoms. The number of hydrogen-bond acceptors (Lipinski definition) is 8. The standard InChI is InChI=1S/C20H20N6O4S/c21-31(29,30)16-6-8-18(19(14-16)26(27)28)24-10-12-25(13-11-24)20-9-7-17(22-23-20)15-4-2-1-3-5-15/h1-9,14H,10-13H2,(H2,21,29,30). The first-order chi connectivity index (χ1) is 14.8. The van der Waals surface area contributed by atoms with Crippen LogP contribution in [0.5, 0.6) is 0 Å². The Morgan fingerprint density at radius 2 is 1.58 bits per heavy atom. The Morgan fingerprint density at radius 1 is 0.903 bits per heavy atom. The molecule has 2 aromatic carbocycles. The number of nitrogens with zero attached hydrogens (tertiary/aromatic N) is 5. The number of rotatable bonds is 5. The van der Waals surface area contributed by atoms with E-state index in [1.54, 1.807) is 0 Å². The monoisotopic (exact) mass is 440 g/mol. The SMILES string of the molecule is NS(=O)(=O)c1ccc(N2CCN(c3ccc(-c4ccccc4)nn3)CC2)c([N+](=O)[O-])c1. The van der Waals surface area contributed by atoms with E-state index in [2.05, 4.69) is 15.1 Å². The molecule has 3 aromatic rings. The van der Waals surface area contributed by atoms with Gasteiger partial charge in [0.05, 0.1) is 15.5 Å². The van der Waals surface area contributed by atoms with Gasteiger partial charge in [-0.3, -0.25) is 10.1 Å². The van der Waals surface area contributed by atoms with Gasteiger partial charge in [-0.05, 0) is 24.3 Å². The molecule has 160 valence electrons. The minimum Gasteiger partial charge on any atom is -0.362 e. The van der Waals surface area contributed by atoms with Gasteiger partial charge in [0, 0.05) is 37.8 Å². The van der Waals surface area contributed by atoms with Crippen LogP contribution in [-0.2, 0) is 10.0 Å². The molecule has 0 aliphatic carbocycles. The van der Waals surface area contributed by atoms with Crippen LogP contribution in [0.25, 0.3) is 11.3 Å². The molecular formula is C20H20N6O4S. The number of anilines is 2. The fraction of sp³-hybridized carbons (Fsp3) is 0.200. The fourth-order valence-corrected chi connectivity index (χ4v) is 4.06. The number of primary sulfonamides is 1. The van der Waals surface area contributed by atoms with Crippen molar-refractivity contribution in [3.05, 3.63) is 70.8 Å². The Bertz CT molecular complexity index is 1190. The zero-order valence-electron chi connectivity index (χ0n) is 16.5. The third-order valence-electron chi connectivity index (χ3n) is 5.14. The Morgan fingerprint density at radius 3 is 2.16 bits per heavy atom. The second kappa shape index (κ2) is 8.28. The molecule has 2 heterocycles. The van der Waals surface area contributed by atoms with Gasteiger partial charge in [-0.2, -0.15) is 0 Å². The van der Waals surface area contributed by atoms with E-state index in [-0.39, 0.29) is 10.6 Å². The summed E-state index contributed by atoms with van der Waals surface area (Å²) < 4.78 is 23.1. The Labute approximate surface area is 179 Å². The number of nitro benzene ring substituents is 1. The highest BCUT2D eigenvalue weighted by Crippen LogP contribution is 2.31. The van der Waals surface area contributed by atoms with Crippen LogP contribution in [0.3, 0.4) is 0 Å². The Kier molecular flexibility index (Phi) is 5.53. The number of aromatic nitrogens is 2. The third kappa shape index (κ3) is 4.47. The summed E-state index contributed by atoms with van der Waals surface area (Å²) in [6.07, 6.45) is 0. The number of benzene rings is 2. The summed E-state index contributed by atoms with van der Waals surface area (Å²) >= 11 is 0. The lowest BCUT2D eigenvalue weighted by molar-refractivity contribution is -0.384. The minimum atomic E-state index is -4.02. The quantitative estimate of drug-likeness (QED) is 0.470. The first-order valence-electron chi connectivity index (χ1n) is 9.53. The first kappa shape index (κ1) is 20.7. The van der Waals surface area contributed by atoms with Gasteiger partial charge in [-0.25, -0.2) is 13.6 Å². The highest BCUT2D eigenvalue weighted by Gasteiger charge is 2.26. The smallest absolute Gasteiger partial charge is 0.293 e. The molecule has 11 heteroatoms. The van der Waals surface area contributed by atoms with E-state index in [9.17, 15) is 18.5 Å². The largest absolute Gasteiger partial charge is 0.362 e. The van der Waals surface area contributed by atoms with Crippen LogP contribution >= 0.6 is 0 Å². The van der Waals surface area contributed by atoms with E-state index in [1.165, 1.54) is 12.1 Å². The summed E-state index contributed by atoms with van der Waals surface area (Å²) in [5.74, 6) is 0.735. The van der Waals surface area contributed by atoms with Gasteiger partial charge >= 0.3 is 0 Å². The summed E-state index contributed by atoms with van der Waals surface area (Å²) in [7, 11) is -4.02. The van der Waals surface area contributed by atoms with Crippen molar-refractivity contribution in [3.63, 3.8) is 0 Å². The second-order valence-electron chi connectivity index (χ2n) is 7.07. The summed E-state index contributed by atoms with van der Waals surface area (Å²) in [5.41, 5.74) is 1.85. The van der Waals surface area contributed by atoms with Crippen molar-refractivity contribution in [3.8, 4) is 11.3 Å². The van der Waals surface area contributed by atoms with Crippen molar-refractivity contribution in [2.45, 2.75) is 4.90 Å². The normalized spacial score (nSPS) is 14.5. The molecule has 1 aliphatic heterocycles. The molecule has 1 aliphatic rings. The van der Waals surface area contributed by atoms with Crippen molar-refractivity contribution in [1.29, 1.82) is 0 Å². The lowest BCUT2D eigenvalue weighted by Gasteiger charge is -2.36. The molecule has 1 fully saturated rings. The van der Waals surface area contributed by atoms with Crippen LogP contribution in [0, 0.1) is 10.1 Å². The number of nitro groups is 1. The van der Waals surface area contributed by atoms with Crippen LogP contribution in [0.1, 0.15) is 0 Å². The molecular weight excluding hydrogens is 420 g/mol. The molecule has 1 saturated heterocycles. The molecule has 0 unspecified atom stereocenters. The van der Waals surface area contributed by atoms with E-state index in [1.807, 2.05) is 47.4 Å². The molecule has 1 aromatic heterocycles. The predicted octanol–water partition coefficient (Wildman–Crippen LogP) is 2.03. The maximum atomic E-state index is 11.5. The minimum absolute atomic E-state index is 0.282. The van der Waals surface area contributed by atoms with Crippen LogP contribution in [-0.4, -0.2) is 49.7 Å². The van der Waals surface area contributed by atoms with Gasteiger partial charge < -0.3 is 9.80 Å². The summed E-state index contributed by atoms with van der Waals surface area (Å²) in [6, 6.07) is 17.3. The number of sulfonamides is 1. The van der Waals surface area contributed by atoms with Gasteiger partial charge in [0.1, 0.15) is 5.69 Å². The van der Waals surface area contributed by atoms with E-state index in [0.29, 0.717) is 31.9 Å². The molecule has 10 nitrogen and oxygen atoms in total. The lowest BCUT2D eigenvalue weighted by atomic mass is 10.1. The zero-order chi connectivity index (χ0) is 22.0. The van der Waals surface area contributed by atoms with Crippen molar-refractivity contribution in [2.24, 2.45) is 5.14 Å².